The number of hydrogen-bond acceptors (Lipinski definition) is 6. The van der Waals surface area contributed by atoms with E-state index in [1.54, 1.807) is 12.1 Å². The Labute approximate surface area is 161 Å². The topological polar surface area (TPSA) is 101 Å². The van der Waals surface area contributed by atoms with E-state index in [0.717, 1.165) is 22.5 Å². The highest BCUT2D eigenvalue weighted by Gasteiger charge is 2.21. The van der Waals surface area contributed by atoms with Crippen molar-refractivity contribution < 1.29 is 13.2 Å². The van der Waals surface area contributed by atoms with Crippen molar-refractivity contribution in [3.8, 4) is 0 Å². The fourth-order valence-electron chi connectivity index (χ4n) is 2.40. The number of nitrogens with zero attached hydrogens (tertiary/aromatic N) is 2. The van der Waals surface area contributed by atoms with Crippen molar-refractivity contribution in [1.82, 2.24) is 14.9 Å². The average molecular weight is 403 g/mol. The van der Waals surface area contributed by atoms with Gasteiger partial charge in [0.1, 0.15) is 0 Å². The number of aromatic nitrogens is 2. The van der Waals surface area contributed by atoms with Crippen LogP contribution in [0.2, 0.25) is 0 Å². The fraction of sp³-hybridized carbons (Fsp3) is 0.167. The monoisotopic (exact) mass is 402 g/mol. The van der Waals surface area contributed by atoms with Gasteiger partial charge in [-0.3, -0.25) is 10.1 Å². The van der Waals surface area contributed by atoms with Crippen molar-refractivity contribution in [3.05, 3.63) is 71.3 Å². The van der Waals surface area contributed by atoms with Crippen LogP contribution in [0.15, 0.2) is 58.9 Å². The molecule has 27 heavy (non-hydrogen) atoms. The molecule has 0 saturated carbocycles. The second-order valence-corrected chi connectivity index (χ2v) is 8.69. The molecule has 1 aromatic heterocycles. The summed E-state index contributed by atoms with van der Waals surface area (Å²) in [6.07, 6.45) is 0.565. The summed E-state index contributed by atoms with van der Waals surface area (Å²) >= 11 is 0.810. The Bertz CT molecular complexity index is 1030. The van der Waals surface area contributed by atoms with Gasteiger partial charge in [-0.1, -0.05) is 59.9 Å². The number of nitrogens with one attached hydrogen (secondary N) is 2. The van der Waals surface area contributed by atoms with Crippen LogP contribution in [0.5, 0.6) is 0 Å². The van der Waals surface area contributed by atoms with E-state index in [-0.39, 0.29) is 21.9 Å². The summed E-state index contributed by atoms with van der Waals surface area (Å²) in [5.74, 6) is -0.356. The maximum atomic E-state index is 12.3. The molecule has 0 unspecified atom stereocenters. The van der Waals surface area contributed by atoms with E-state index >= 15 is 0 Å². The minimum Gasteiger partial charge on any atom is -0.296 e. The Balaban J connectivity index is 1.62. The SMILES string of the molecule is Cc1ccccc1C(=O)Nc1nnc(S(=O)(=O)NCCc2ccccc2)s1. The summed E-state index contributed by atoms with van der Waals surface area (Å²) < 4.78 is 27.0. The van der Waals surface area contributed by atoms with E-state index in [1.807, 2.05) is 49.4 Å². The highest BCUT2D eigenvalue weighted by Crippen LogP contribution is 2.21. The van der Waals surface area contributed by atoms with Crippen molar-refractivity contribution in [2.75, 3.05) is 11.9 Å². The predicted molar refractivity (Wildman–Crippen MR) is 104 cm³/mol. The molecule has 0 aliphatic rings. The molecule has 0 atom stereocenters. The zero-order valence-corrected chi connectivity index (χ0v) is 16.2. The van der Waals surface area contributed by atoms with Crippen LogP contribution in [0.4, 0.5) is 5.13 Å². The Kier molecular flexibility index (Phi) is 5.94. The number of benzene rings is 2. The molecule has 0 aliphatic carbocycles. The Morgan fingerprint density at radius 2 is 1.74 bits per heavy atom. The summed E-state index contributed by atoms with van der Waals surface area (Å²) in [6, 6.07) is 16.7. The molecule has 140 valence electrons. The van der Waals surface area contributed by atoms with Gasteiger partial charge in [0.25, 0.3) is 15.9 Å². The molecule has 2 aromatic carbocycles. The second-order valence-electron chi connectivity index (χ2n) is 5.78. The second kappa shape index (κ2) is 8.38. The first kappa shape index (κ1) is 19.2. The summed E-state index contributed by atoms with van der Waals surface area (Å²) in [7, 11) is -3.77. The average Bonchev–Trinajstić information content (AvgIpc) is 3.12. The van der Waals surface area contributed by atoms with Crippen LogP contribution in [-0.4, -0.2) is 31.1 Å². The van der Waals surface area contributed by atoms with Crippen LogP contribution >= 0.6 is 11.3 Å². The minimum absolute atomic E-state index is 0.131. The summed E-state index contributed by atoms with van der Waals surface area (Å²) in [6.45, 7) is 2.07. The molecular weight excluding hydrogens is 384 g/mol. The lowest BCUT2D eigenvalue weighted by molar-refractivity contribution is 0.102. The lowest BCUT2D eigenvalue weighted by Gasteiger charge is -2.04. The molecule has 0 fully saturated rings. The Morgan fingerprint density at radius 1 is 1.04 bits per heavy atom. The summed E-state index contributed by atoms with van der Waals surface area (Å²) in [5, 5.41) is 10.2. The number of carbonyl (C=O) groups excluding carboxylic acids is 1. The van der Waals surface area contributed by atoms with Gasteiger partial charge < -0.3 is 0 Å². The van der Waals surface area contributed by atoms with E-state index in [1.165, 1.54) is 0 Å². The lowest BCUT2D eigenvalue weighted by atomic mass is 10.1. The Morgan fingerprint density at radius 3 is 2.48 bits per heavy atom. The van der Waals surface area contributed by atoms with Gasteiger partial charge in [0.05, 0.1) is 0 Å². The van der Waals surface area contributed by atoms with Crippen LogP contribution in [0.1, 0.15) is 21.5 Å². The highest BCUT2D eigenvalue weighted by molar-refractivity contribution is 7.91. The fourth-order valence-corrected chi connectivity index (χ4v) is 4.36. The molecule has 0 aliphatic heterocycles. The van der Waals surface area contributed by atoms with Crippen molar-refractivity contribution in [2.24, 2.45) is 0 Å². The third-order valence-corrected chi connectivity index (χ3v) is 6.46. The van der Waals surface area contributed by atoms with E-state index < -0.39 is 10.0 Å². The molecule has 0 radical (unpaired) electrons. The predicted octanol–water partition coefficient (Wildman–Crippen LogP) is 2.62. The molecule has 1 amide bonds. The molecule has 0 bridgehead atoms. The standard InChI is InChI=1S/C18H18N4O3S2/c1-13-7-5-6-10-15(13)16(23)20-17-21-22-18(26-17)27(24,25)19-12-11-14-8-3-2-4-9-14/h2-10,19H,11-12H2,1H3,(H,20,21,23). The first-order valence-electron chi connectivity index (χ1n) is 8.20. The van der Waals surface area contributed by atoms with Gasteiger partial charge in [-0.05, 0) is 30.5 Å². The molecule has 2 N–H and O–H groups in total. The number of sulfonamides is 1. The maximum absolute atomic E-state index is 12.3. The van der Waals surface area contributed by atoms with Crippen LogP contribution < -0.4 is 10.0 Å². The Hall–Kier alpha value is -2.62. The summed E-state index contributed by atoms with van der Waals surface area (Å²) in [5.41, 5.74) is 2.34. The van der Waals surface area contributed by atoms with Gasteiger partial charge in [-0.2, -0.15) is 0 Å². The third kappa shape index (κ3) is 4.97. The van der Waals surface area contributed by atoms with Crippen molar-refractivity contribution >= 4 is 32.4 Å². The van der Waals surface area contributed by atoms with Crippen molar-refractivity contribution in [2.45, 2.75) is 17.7 Å². The van der Waals surface area contributed by atoms with Crippen molar-refractivity contribution in [1.29, 1.82) is 0 Å². The molecule has 7 nitrogen and oxygen atoms in total. The molecule has 9 heteroatoms. The normalized spacial score (nSPS) is 11.3. The van der Waals surface area contributed by atoms with Gasteiger partial charge in [-0.15, -0.1) is 10.2 Å². The molecule has 0 saturated heterocycles. The highest BCUT2D eigenvalue weighted by atomic mass is 32.2. The first-order chi connectivity index (χ1) is 13.0. The largest absolute Gasteiger partial charge is 0.296 e. The number of anilines is 1. The number of rotatable bonds is 7. The van der Waals surface area contributed by atoms with Crippen LogP contribution in [0, 0.1) is 6.92 Å². The number of carbonyl (C=O) groups is 1. The maximum Gasteiger partial charge on any atom is 0.269 e. The van der Waals surface area contributed by atoms with E-state index in [4.69, 9.17) is 0 Å². The quantitative estimate of drug-likeness (QED) is 0.592. The van der Waals surface area contributed by atoms with Crippen LogP contribution in [0.25, 0.3) is 0 Å². The zero-order valence-electron chi connectivity index (χ0n) is 14.5. The van der Waals surface area contributed by atoms with E-state index in [9.17, 15) is 13.2 Å². The smallest absolute Gasteiger partial charge is 0.269 e. The molecule has 1 heterocycles. The van der Waals surface area contributed by atoms with Gasteiger partial charge in [0.2, 0.25) is 9.47 Å². The molecule has 0 spiro atoms. The first-order valence-corrected chi connectivity index (χ1v) is 10.5. The molecular formula is C18H18N4O3S2. The van der Waals surface area contributed by atoms with Crippen LogP contribution in [-0.2, 0) is 16.4 Å². The van der Waals surface area contributed by atoms with E-state index in [2.05, 4.69) is 20.2 Å². The van der Waals surface area contributed by atoms with Gasteiger partial charge in [-0.25, -0.2) is 13.1 Å². The zero-order chi connectivity index (χ0) is 19.3. The third-order valence-electron chi connectivity index (χ3n) is 3.80. The minimum atomic E-state index is -3.77. The number of amides is 1. The molecule has 3 rings (SSSR count). The van der Waals surface area contributed by atoms with Crippen LogP contribution in [0.3, 0.4) is 0 Å². The van der Waals surface area contributed by atoms with E-state index in [0.29, 0.717) is 12.0 Å². The lowest BCUT2D eigenvalue weighted by Crippen LogP contribution is -2.25. The molecule has 3 aromatic rings. The summed E-state index contributed by atoms with van der Waals surface area (Å²) in [4.78, 5) is 12.3. The number of aryl methyl sites for hydroxylation is 1. The van der Waals surface area contributed by atoms with Gasteiger partial charge in [0.15, 0.2) is 0 Å². The van der Waals surface area contributed by atoms with Gasteiger partial charge >= 0.3 is 0 Å². The van der Waals surface area contributed by atoms with Gasteiger partial charge in [0, 0.05) is 12.1 Å². The number of hydrogen-bond donors (Lipinski definition) is 2. The van der Waals surface area contributed by atoms with Crippen molar-refractivity contribution in [3.63, 3.8) is 0 Å².